The van der Waals surface area contributed by atoms with E-state index in [1.165, 1.54) is 0 Å². The van der Waals surface area contributed by atoms with E-state index in [1.54, 1.807) is 0 Å². The van der Waals surface area contributed by atoms with Gasteiger partial charge in [0.25, 0.3) is 0 Å². The summed E-state index contributed by atoms with van der Waals surface area (Å²) in [6, 6.07) is 0. The molecular weight excluding hydrogens is 148 g/mol. The average molecular weight is 158 g/mol. The fourth-order valence-electron chi connectivity index (χ4n) is 0.560. The van der Waals surface area contributed by atoms with Gasteiger partial charge in [0, 0.05) is 0 Å². The highest BCUT2D eigenvalue weighted by Gasteiger charge is 2.01. The van der Waals surface area contributed by atoms with Gasteiger partial charge in [-0.05, 0) is 13.8 Å². The molecule has 5 nitrogen and oxygen atoms in total. The van der Waals surface area contributed by atoms with Crippen LogP contribution in [0.5, 0.6) is 0 Å². The molecule has 5 heteroatoms. The van der Waals surface area contributed by atoms with Crippen molar-refractivity contribution in [2.75, 3.05) is 0 Å². The van der Waals surface area contributed by atoms with Gasteiger partial charge in [-0.3, -0.25) is 0 Å². The van der Waals surface area contributed by atoms with Crippen LogP contribution in [-0.2, 0) is 11.3 Å². The van der Waals surface area contributed by atoms with E-state index in [4.69, 9.17) is 4.74 Å². The van der Waals surface area contributed by atoms with Crippen molar-refractivity contribution < 1.29 is 9.15 Å². The summed E-state index contributed by atoms with van der Waals surface area (Å²) in [7, 11) is 0. The van der Waals surface area contributed by atoms with Crippen molar-refractivity contribution in [2.24, 2.45) is 0 Å². The Morgan fingerprint density at radius 3 is 2.91 bits per heavy atom. The molecule has 0 aliphatic heterocycles. The van der Waals surface area contributed by atoms with E-state index < -0.39 is 5.76 Å². The van der Waals surface area contributed by atoms with Crippen molar-refractivity contribution in [1.29, 1.82) is 0 Å². The molecule has 0 spiro atoms. The summed E-state index contributed by atoms with van der Waals surface area (Å²) in [5.41, 5.74) is 0. The molecule has 0 radical (unpaired) electrons. The molecule has 0 bridgehead atoms. The summed E-state index contributed by atoms with van der Waals surface area (Å²) in [5, 5.41) is 5.70. The molecule has 0 saturated heterocycles. The molecule has 0 fully saturated rings. The Morgan fingerprint density at radius 2 is 2.45 bits per heavy atom. The Balaban J connectivity index is 2.45. The zero-order chi connectivity index (χ0) is 8.27. The van der Waals surface area contributed by atoms with E-state index >= 15 is 0 Å². The smallest absolute Gasteiger partial charge is 0.390 e. The van der Waals surface area contributed by atoms with Gasteiger partial charge in [-0.15, -0.1) is 5.10 Å². The molecule has 11 heavy (non-hydrogen) atoms. The summed E-state index contributed by atoms with van der Waals surface area (Å²) >= 11 is 0. The monoisotopic (exact) mass is 158 g/mol. The van der Waals surface area contributed by atoms with Crippen LogP contribution in [0.2, 0.25) is 0 Å². The fourth-order valence-corrected chi connectivity index (χ4v) is 0.560. The van der Waals surface area contributed by atoms with E-state index in [9.17, 15) is 4.79 Å². The number of hydrogen-bond donors (Lipinski definition) is 1. The minimum absolute atomic E-state index is 0.108. The zero-order valence-electron chi connectivity index (χ0n) is 6.46. The first kappa shape index (κ1) is 8.00. The third-order valence-electron chi connectivity index (χ3n) is 1.02. The lowest BCUT2D eigenvalue weighted by Gasteiger charge is -2.02. The fraction of sp³-hybridized carbons (Fsp3) is 0.667. The second kappa shape index (κ2) is 3.34. The van der Waals surface area contributed by atoms with Gasteiger partial charge in [-0.25, -0.2) is 9.89 Å². The van der Waals surface area contributed by atoms with Gasteiger partial charge in [-0.2, -0.15) is 0 Å². The number of H-pyrrole nitrogens is 1. The number of aromatic amines is 1. The van der Waals surface area contributed by atoms with Crippen LogP contribution in [0.1, 0.15) is 19.7 Å². The van der Waals surface area contributed by atoms with E-state index in [0.717, 1.165) is 0 Å². The molecule has 0 unspecified atom stereocenters. The molecule has 0 aromatic carbocycles. The number of aromatic nitrogens is 2. The van der Waals surface area contributed by atoms with Crippen LogP contribution < -0.4 is 5.76 Å². The van der Waals surface area contributed by atoms with Crippen LogP contribution in [0.25, 0.3) is 0 Å². The molecule has 1 heterocycles. The lowest BCUT2D eigenvalue weighted by atomic mass is 10.5. The number of nitrogens with zero attached hydrogens (tertiary/aromatic N) is 1. The van der Waals surface area contributed by atoms with Gasteiger partial charge in [-0.1, -0.05) is 0 Å². The van der Waals surface area contributed by atoms with Crippen molar-refractivity contribution in [3.05, 3.63) is 16.4 Å². The van der Waals surface area contributed by atoms with Crippen LogP contribution >= 0.6 is 0 Å². The predicted octanol–water partition coefficient (Wildman–Crippen LogP) is 0.288. The van der Waals surface area contributed by atoms with Gasteiger partial charge in [0.05, 0.1) is 6.10 Å². The van der Waals surface area contributed by atoms with E-state index in [1.807, 2.05) is 13.8 Å². The summed E-state index contributed by atoms with van der Waals surface area (Å²) in [6.45, 7) is 4.02. The summed E-state index contributed by atoms with van der Waals surface area (Å²) in [4.78, 5) is 10.4. The van der Waals surface area contributed by atoms with Gasteiger partial charge in [0.1, 0.15) is 6.61 Å². The second-order valence-corrected chi connectivity index (χ2v) is 2.37. The standard InChI is InChI=1S/C6H10N2O3/c1-4(2)10-3-5-7-8-6(9)11-5/h4H,3H2,1-2H3,(H,8,9). The Bertz CT molecular complexity index is 263. The number of nitrogens with one attached hydrogen (secondary N) is 1. The summed E-state index contributed by atoms with van der Waals surface area (Å²) in [6.07, 6.45) is 0.108. The molecule has 0 aliphatic rings. The van der Waals surface area contributed by atoms with Crippen LogP contribution in [-0.4, -0.2) is 16.3 Å². The number of rotatable bonds is 3. The molecule has 1 N–H and O–H groups in total. The topological polar surface area (TPSA) is 68.1 Å². The van der Waals surface area contributed by atoms with Crippen molar-refractivity contribution in [3.8, 4) is 0 Å². The van der Waals surface area contributed by atoms with Crippen molar-refractivity contribution >= 4 is 0 Å². The quantitative estimate of drug-likeness (QED) is 0.686. The van der Waals surface area contributed by atoms with Gasteiger partial charge >= 0.3 is 5.76 Å². The van der Waals surface area contributed by atoms with Crippen molar-refractivity contribution in [2.45, 2.75) is 26.6 Å². The molecular formula is C6H10N2O3. The molecule has 1 aromatic heterocycles. The van der Waals surface area contributed by atoms with Crippen LogP contribution in [0, 0.1) is 0 Å². The Labute approximate surface area is 63.4 Å². The van der Waals surface area contributed by atoms with Crippen LogP contribution in [0.15, 0.2) is 9.21 Å². The lowest BCUT2D eigenvalue weighted by molar-refractivity contribution is 0.0510. The van der Waals surface area contributed by atoms with Gasteiger partial charge in [0.2, 0.25) is 5.89 Å². The van der Waals surface area contributed by atoms with E-state index in [2.05, 4.69) is 14.6 Å². The second-order valence-electron chi connectivity index (χ2n) is 2.37. The molecule has 0 saturated carbocycles. The molecule has 62 valence electrons. The average Bonchev–Trinajstić information content (AvgIpc) is 2.31. The molecule has 1 aromatic rings. The van der Waals surface area contributed by atoms with Gasteiger partial charge in [0.15, 0.2) is 0 Å². The van der Waals surface area contributed by atoms with E-state index in [0.29, 0.717) is 0 Å². The largest absolute Gasteiger partial charge is 0.434 e. The Hall–Kier alpha value is -1.10. The van der Waals surface area contributed by atoms with Crippen molar-refractivity contribution in [3.63, 3.8) is 0 Å². The highest BCUT2D eigenvalue weighted by Crippen LogP contribution is 1.95. The normalized spacial score (nSPS) is 10.8. The molecule has 0 atom stereocenters. The zero-order valence-corrected chi connectivity index (χ0v) is 6.46. The minimum atomic E-state index is -0.549. The lowest BCUT2D eigenvalue weighted by Crippen LogP contribution is -2.02. The van der Waals surface area contributed by atoms with Gasteiger partial charge < -0.3 is 9.15 Å². The third kappa shape index (κ3) is 2.55. The first-order valence-electron chi connectivity index (χ1n) is 3.34. The minimum Gasteiger partial charge on any atom is -0.390 e. The van der Waals surface area contributed by atoms with E-state index in [-0.39, 0.29) is 18.6 Å². The molecule has 0 amide bonds. The summed E-state index contributed by atoms with van der Waals surface area (Å²) in [5.74, 6) is -0.268. The highest BCUT2D eigenvalue weighted by atomic mass is 16.5. The van der Waals surface area contributed by atoms with Crippen LogP contribution in [0.3, 0.4) is 0 Å². The maximum Gasteiger partial charge on any atom is 0.434 e. The number of hydrogen-bond acceptors (Lipinski definition) is 4. The Kier molecular flexibility index (Phi) is 2.43. The van der Waals surface area contributed by atoms with Crippen LogP contribution in [0.4, 0.5) is 0 Å². The van der Waals surface area contributed by atoms with Crippen molar-refractivity contribution in [1.82, 2.24) is 10.2 Å². The maximum absolute atomic E-state index is 10.4. The summed E-state index contributed by atoms with van der Waals surface area (Å²) < 4.78 is 9.71. The Morgan fingerprint density at radius 1 is 1.73 bits per heavy atom. The highest BCUT2D eigenvalue weighted by molar-refractivity contribution is 4.67. The number of ether oxygens (including phenoxy) is 1. The predicted molar refractivity (Wildman–Crippen MR) is 37.0 cm³/mol. The SMILES string of the molecule is CC(C)OCc1n[nH]c(=O)o1. The molecule has 1 rings (SSSR count). The first-order chi connectivity index (χ1) is 5.18. The third-order valence-corrected chi connectivity index (χ3v) is 1.02. The maximum atomic E-state index is 10.4. The first-order valence-corrected chi connectivity index (χ1v) is 3.34. The molecule has 0 aliphatic carbocycles.